The van der Waals surface area contributed by atoms with E-state index < -0.39 is 5.97 Å². The zero-order valence-electron chi connectivity index (χ0n) is 9.23. The maximum absolute atomic E-state index is 11.6. The van der Waals surface area contributed by atoms with E-state index in [1.807, 2.05) is 6.07 Å². The van der Waals surface area contributed by atoms with E-state index in [0.717, 1.165) is 5.52 Å². The third kappa shape index (κ3) is 1.60. The molecule has 1 heterocycles. The Hall–Kier alpha value is -2.04. The van der Waals surface area contributed by atoms with Gasteiger partial charge in [-0.05, 0) is 25.1 Å². The van der Waals surface area contributed by atoms with E-state index in [0.29, 0.717) is 23.6 Å². The number of anilines is 1. The molecule has 0 aliphatic carbocycles. The molecular formula is C11H13N3O2. The van der Waals surface area contributed by atoms with Crippen LogP contribution in [0.1, 0.15) is 17.5 Å². The van der Waals surface area contributed by atoms with Gasteiger partial charge in [0, 0.05) is 12.7 Å². The average Bonchev–Trinajstić information content (AvgIpc) is 2.56. The fourth-order valence-corrected chi connectivity index (χ4v) is 1.60. The van der Waals surface area contributed by atoms with Crippen LogP contribution in [-0.2, 0) is 11.8 Å². The van der Waals surface area contributed by atoms with Gasteiger partial charge in [0.25, 0.3) is 0 Å². The molecular weight excluding hydrogens is 206 g/mol. The van der Waals surface area contributed by atoms with Gasteiger partial charge in [0.05, 0.1) is 17.6 Å². The SMILES string of the molecule is CCOC(=O)c1nc2cc(N)ccc2n1C. The van der Waals surface area contributed by atoms with E-state index >= 15 is 0 Å². The number of carbonyl (C=O) groups is 1. The Kier molecular flexibility index (Phi) is 2.52. The first-order valence-corrected chi connectivity index (χ1v) is 5.02. The molecule has 0 bridgehead atoms. The van der Waals surface area contributed by atoms with Crippen molar-refractivity contribution in [1.82, 2.24) is 9.55 Å². The summed E-state index contributed by atoms with van der Waals surface area (Å²) < 4.78 is 6.62. The fourth-order valence-electron chi connectivity index (χ4n) is 1.60. The molecule has 5 nitrogen and oxygen atoms in total. The lowest BCUT2D eigenvalue weighted by atomic mass is 10.3. The monoisotopic (exact) mass is 219 g/mol. The van der Waals surface area contributed by atoms with Crippen molar-refractivity contribution in [1.29, 1.82) is 0 Å². The first kappa shape index (κ1) is 10.5. The molecule has 0 unspecified atom stereocenters. The lowest BCUT2D eigenvalue weighted by molar-refractivity contribution is 0.0508. The predicted molar refractivity (Wildman–Crippen MR) is 61.1 cm³/mol. The highest BCUT2D eigenvalue weighted by Crippen LogP contribution is 2.18. The number of nitrogens with zero attached hydrogens (tertiary/aromatic N) is 2. The van der Waals surface area contributed by atoms with Crippen LogP contribution in [0.4, 0.5) is 5.69 Å². The van der Waals surface area contributed by atoms with Crippen LogP contribution in [0, 0.1) is 0 Å². The molecule has 2 N–H and O–H groups in total. The second-order valence-electron chi connectivity index (χ2n) is 3.46. The molecule has 0 fully saturated rings. The number of aryl methyl sites for hydroxylation is 1. The van der Waals surface area contributed by atoms with E-state index in [-0.39, 0.29) is 0 Å². The van der Waals surface area contributed by atoms with Crippen molar-refractivity contribution < 1.29 is 9.53 Å². The fraction of sp³-hybridized carbons (Fsp3) is 0.273. The van der Waals surface area contributed by atoms with Crippen molar-refractivity contribution in [2.45, 2.75) is 6.92 Å². The van der Waals surface area contributed by atoms with Crippen molar-refractivity contribution in [3.8, 4) is 0 Å². The van der Waals surface area contributed by atoms with Gasteiger partial charge in [-0.15, -0.1) is 0 Å². The molecule has 0 aliphatic rings. The number of hydrogen-bond acceptors (Lipinski definition) is 4. The Bertz CT molecular complexity index is 545. The zero-order valence-corrected chi connectivity index (χ0v) is 9.23. The number of ether oxygens (including phenoxy) is 1. The molecule has 1 aromatic carbocycles. The summed E-state index contributed by atoms with van der Waals surface area (Å²) in [6.07, 6.45) is 0. The molecule has 0 amide bonds. The molecule has 5 heteroatoms. The molecule has 0 spiro atoms. The quantitative estimate of drug-likeness (QED) is 0.611. The van der Waals surface area contributed by atoms with Crippen LogP contribution >= 0.6 is 0 Å². The molecule has 0 atom stereocenters. The number of nitrogens with two attached hydrogens (primary N) is 1. The molecule has 0 radical (unpaired) electrons. The van der Waals surface area contributed by atoms with Gasteiger partial charge in [0.15, 0.2) is 0 Å². The van der Waals surface area contributed by atoms with Crippen LogP contribution in [0.15, 0.2) is 18.2 Å². The molecule has 0 aliphatic heterocycles. The van der Waals surface area contributed by atoms with E-state index in [1.54, 1.807) is 30.7 Å². The summed E-state index contributed by atoms with van der Waals surface area (Å²) in [6, 6.07) is 5.34. The first-order chi connectivity index (χ1) is 7.63. The molecule has 84 valence electrons. The van der Waals surface area contributed by atoms with Gasteiger partial charge in [-0.25, -0.2) is 9.78 Å². The van der Waals surface area contributed by atoms with Crippen LogP contribution in [-0.4, -0.2) is 22.1 Å². The number of carbonyl (C=O) groups excluding carboxylic acids is 1. The number of benzene rings is 1. The minimum absolute atomic E-state index is 0.294. The van der Waals surface area contributed by atoms with Crippen molar-refractivity contribution in [3.05, 3.63) is 24.0 Å². The smallest absolute Gasteiger partial charge is 0.374 e. The Balaban J connectivity index is 2.55. The van der Waals surface area contributed by atoms with Crippen molar-refractivity contribution in [3.63, 3.8) is 0 Å². The lowest BCUT2D eigenvalue weighted by Gasteiger charge is -2.01. The lowest BCUT2D eigenvalue weighted by Crippen LogP contribution is -2.11. The van der Waals surface area contributed by atoms with Gasteiger partial charge < -0.3 is 15.0 Å². The van der Waals surface area contributed by atoms with Crippen molar-refractivity contribution >= 4 is 22.7 Å². The molecule has 0 saturated heterocycles. The Labute approximate surface area is 92.8 Å². The maximum atomic E-state index is 11.6. The zero-order chi connectivity index (χ0) is 11.7. The highest BCUT2D eigenvalue weighted by molar-refractivity contribution is 5.91. The number of fused-ring (bicyclic) bond motifs is 1. The van der Waals surface area contributed by atoms with Crippen LogP contribution in [0.2, 0.25) is 0 Å². The second-order valence-corrected chi connectivity index (χ2v) is 3.46. The third-order valence-electron chi connectivity index (χ3n) is 2.36. The molecule has 0 saturated carbocycles. The summed E-state index contributed by atoms with van der Waals surface area (Å²) in [5.41, 5.74) is 7.84. The van der Waals surface area contributed by atoms with Crippen LogP contribution < -0.4 is 5.73 Å². The standard InChI is InChI=1S/C11H13N3O2/c1-3-16-11(15)10-13-8-6-7(12)4-5-9(8)14(10)2/h4-6H,3,12H2,1-2H3. The van der Waals surface area contributed by atoms with Gasteiger partial charge >= 0.3 is 5.97 Å². The summed E-state index contributed by atoms with van der Waals surface area (Å²) in [7, 11) is 1.78. The van der Waals surface area contributed by atoms with E-state index in [2.05, 4.69) is 4.98 Å². The first-order valence-electron chi connectivity index (χ1n) is 5.02. The number of esters is 1. The summed E-state index contributed by atoms with van der Waals surface area (Å²) in [5.74, 6) is -0.123. The molecule has 2 aromatic rings. The van der Waals surface area contributed by atoms with Crippen LogP contribution in [0.25, 0.3) is 11.0 Å². The number of rotatable bonds is 2. The molecule has 1 aromatic heterocycles. The normalized spacial score (nSPS) is 10.6. The number of hydrogen-bond donors (Lipinski definition) is 1. The van der Waals surface area contributed by atoms with E-state index in [9.17, 15) is 4.79 Å². The highest BCUT2D eigenvalue weighted by atomic mass is 16.5. The third-order valence-corrected chi connectivity index (χ3v) is 2.36. The van der Waals surface area contributed by atoms with E-state index in [4.69, 9.17) is 10.5 Å². The van der Waals surface area contributed by atoms with Crippen LogP contribution in [0.3, 0.4) is 0 Å². The summed E-state index contributed by atoms with van der Waals surface area (Å²) in [4.78, 5) is 15.8. The van der Waals surface area contributed by atoms with E-state index in [1.165, 1.54) is 0 Å². The minimum atomic E-state index is -0.417. The van der Waals surface area contributed by atoms with Gasteiger partial charge in [-0.1, -0.05) is 0 Å². The van der Waals surface area contributed by atoms with Crippen LogP contribution in [0.5, 0.6) is 0 Å². The Morgan fingerprint density at radius 3 is 3.00 bits per heavy atom. The average molecular weight is 219 g/mol. The predicted octanol–water partition coefficient (Wildman–Crippen LogP) is 1.33. The summed E-state index contributed by atoms with van der Waals surface area (Å²) in [6.45, 7) is 2.10. The Morgan fingerprint density at radius 1 is 1.56 bits per heavy atom. The van der Waals surface area contributed by atoms with Gasteiger partial charge in [0.1, 0.15) is 0 Å². The molecule has 16 heavy (non-hydrogen) atoms. The summed E-state index contributed by atoms with van der Waals surface area (Å²) >= 11 is 0. The largest absolute Gasteiger partial charge is 0.460 e. The Morgan fingerprint density at radius 2 is 2.31 bits per heavy atom. The van der Waals surface area contributed by atoms with Gasteiger partial charge in [-0.3, -0.25) is 0 Å². The van der Waals surface area contributed by atoms with Crippen molar-refractivity contribution in [2.24, 2.45) is 7.05 Å². The minimum Gasteiger partial charge on any atom is -0.460 e. The topological polar surface area (TPSA) is 70.1 Å². The number of nitrogen functional groups attached to an aromatic ring is 1. The second kappa shape index (κ2) is 3.84. The van der Waals surface area contributed by atoms with Gasteiger partial charge in [0.2, 0.25) is 5.82 Å². The maximum Gasteiger partial charge on any atom is 0.374 e. The number of aromatic nitrogens is 2. The molecule has 2 rings (SSSR count). The highest BCUT2D eigenvalue weighted by Gasteiger charge is 2.15. The van der Waals surface area contributed by atoms with Crippen molar-refractivity contribution in [2.75, 3.05) is 12.3 Å². The van der Waals surface area contributed by atoms with Gasteiger partial charge in [-0.2, -0.15) is 0 Å². The number of imidazole rings is 1. The summed E-state index contributed by atoms with van der Waals surface area (Å²) in [5, 5.41) is 0.